The van der Waals surface area contributed by atoms with Crippen molar-refractivity contribution >= 4 is 0 Å². The third kappa shape index (κ3) is 5.11. The van der Waals surface area contributed by atoms with Gasteiger partial charge in [0.2, 0.25) is 0 Å². The molecule has 0 heterocycles. The lowest BCUT2D eigenvalue weighted by Gasteiger charge is -2.36. The van der Waals surface area contributed by atoms with Crippen LogP contribution in [0.1, 0.15) is 55.7 Å². The Morgan fingerprint density at radius 3 is 1.48 bits per heavy atom. The fourth-order valence-corrected chi connectivity index (χ4v) is 4.13. The Bertz CT molecular complexity index is 835. The van der Waals surface area contributed by atoms with Crippen LogP contribution in [0.25, 0.3) is 0 Å². The summed E-state index contributed by atoms with van der Waals surface area (Å²) in [6.07, 6.45) is 6.18. The first-order valence-electron chi connectivity index (χ1n) is 10.4. The van der Waals surface area contributed by atoms with Crippen molar-refractivity contribution in [2.24, 2.45) is 0 Å². The van der Waals surface area contributed by atoms with Crippen molar-refractivity contribution in [3.8, 4) is 17.2 Å². The Hall–Kier alpha value is -2.94. The Balaban J connectivity index is 2.02. The first kappa shape index (κ1) is 20.8. The van der Waals surface area contributed by atoms with E-state index in [2.05, 4.69) is 6.92 Å². The number of hydrogen-bond acceptors (Lipinski definition) is 3. The molecule has 3 N–H and O–H groups in total. The Morgan fingerprint density at radius 1 is 0.586 bits per heavy atom. The zero-order valence-electron chi connectivity index (χ0n) is 17.0. The van der Waals surface area contributed by atoms with Crippen LogP contribution >= 0.6 is 0 Å². The quantitative estimate of drug-likeness (QED) is 0.376. The summed E-state index contributed by atoms with van der Waals surface area (Å²) in [4.78, 5) is 0. The molecule has 0 unspecified atom stereocenters. The molecule has 0 spiro atoms. The minimum atomic E-state index is -0.214. The predicted molar refractivity (Wildman–Crippen MR) is 118 cm³/mol. The molecule has 0 atom stereocenters. The van der Waals surface area contributed by atoms with Crippen LogP contribution in [0.3, 0.4) is 0 Å². The second-order valence-corrected chi connectivity index (χ2v) is 7.80. The van der Waals surface area contributed by atoms with Gasteiger partial charge in [-0.3, -0.25) is 0 Å². The van der Waals surface area contributed by atoms with E-state index >= 15 is 0 Å². The monoisotopic (exact) mass is 390 g/mol. The number of aryl methyl sites for hydroxylation is 1. The van der Waals surface area contributed by atoms with Gasteiger partial charge in [-0.25, -0.2) is 0 Å². The molecule has 0 saturated heterocycles. The van der Waals surface area contributed by atoms with Crippen LogP contribution in [0.5, 0.6) is 17.2 Å². The van der Waals surface area contributed by atoms with Gasteiger partial charge in [-0.2, -0.15) is 0 Å². The van der Waals surface area contributed by atoms with Gasteiger partial charge in [-0.15, -0.1) is 0 Å². The topological polar surface area (TPSA) is 60.7 Å². The van der Waals surface area contributed by atoms with E-state index in [4.69, 9.17) is 0 Å². The van der Waals surface area contributed by atoms with Crippen LogP contribution in [-0.4, -0.2) is 15.3 Å². The van der Waals surface area contributed by atoms with Gasteiger partial charge in [0.25, 0.3) is 0 Å². The smallest absolute Gasteiger partial charge is 0.115 e. The number of unbranched alkanes of at least 4 members (excludes halogenated alkanes) is 2. The normalized spacial score (nSPS) is 11.5. The number of hydrogen-bond donors (Lipinski definition) is 3. The number of benzene rings is 3. The fourth-order valence-electron chi connectivity index (χ4n) is 4.13. The molecule has 3 aromatic rings. The molecular formula is C26H30O3. The van der Waals surface area contributed by atoms with Crippen molar-refractivity contribution < 1.29 is 15.3 Å². The minimum Gasteiger partial charge on any atom is -0.508 e. The minimum absolute atomic E-state index is 0.214. The number of aromatic hydroxyl groups is 3. The second kappa shape index (κ2) is 9.51. The first-order valence-corrected chi connectivity index (χ1v) is 10.4. The lowest BCUT2D eigenvalue weighted by molar-refractivity contribution is 0.412. The largest absolute Gasteiger partial charge is 0.508 e. The summed E-state index contributed by atoms with van der Waals surface area (Å²) >= 11 is 0. The van der Waals surface area contributed by atoms with Crippen LogP contribution in [0, 0.1) is 0 Å². The highest BCUT2D eigenvalue weighted by atomic mass is 16.3. The summed E-state index contributed by atoms with van der Waals surface area (Å²) in [6.45, 7) is 2.21. The van der Waals surface area contributed by atoms with E-state index in [1.165, 1.54) is 16.7 Å². The van der Waals surface area contributed by atoms with E-state index in [-0.39, 0.29) is 22.7 Å². The fraction of sp³-hybridized carbons (Fsp3) is 0.308. The highest BCUT2D eigenvalue weighted by Gasteiger charge is 2.33. The van der Waals surface area contributed by atoms with Crippen LogP contribution in [0.4, 0.5) is 0 Å². The van der Waals surface area contributed by atoms with E-state index in [9.17, 15) is 15.3 Å². The SMILES string of the molecule is CCCCCC(CCc1ccc(O)cc1)(c1ccc(O)cc1)c1ccc(O)cc1. The van der Waals surface area contributed by atoms with Crippen molar-refractivity contribution in [3.63, 3.8) is 0 Å². The molecule has 0 aliphatic carbocycles. The molecule has 3 heteroatoms. The molecule has 0 aliphatic rings. The van der Waals surface area contributed by atoms with Crippen molar-refractivity contribution in [1.29, 1.82) is 0 Å². The average Bonchev–Trinajstić information content (AvgIpc) is 2.73. The standard InChI is InChI=1S/C26H30O3/c1-2-3-4-18-26(21-7-13-24(28)14-8-21,22-9-15-25(29)16-10-22)19-17-20-5-11-23(27)12-6-20/h5-16,27-29H,2-4,17-19H2,1H3. The van der Waals surface area contributed by atoms with Gasteiger partial charge < -0.3 is 15.3 Å². The Kier molecular flexibility index (Phi) is 6.82. The van der Waals surface area contributed by atoms with Gasteiger partial charge in [0.05, 0.1) is 0 Å². The predicted octanol–water partition coefficient (Wildman–Crippen LogP) is 6.30. The molecule has 29 heavy (non-hydrogen) atoms. The molecular weight excluding hydrogens is 360 g/mol. The summed E-state index contributed by atoms with van der Waals surface area (Å²) in [5.74, 6) is 0.806. The molecule has 0 radical (unpaired) electrons. The van der Waals surface area contributed by atoms with E-state index in [0.717, 1.165) is 38.5 Å². The van der Waals surface area contributed by atoms with Gasteiger partial charge in [-0.05, 0) is 72.4 Å². The highest BCUT2D eigenvalue weighted by Crippen LogP contribution is 2.42. The molecule has 3 rings (SSSR count). The molecule has 0 aromatic heterocycles. The van der Waals surface area contributed by atoms with Crippen LogP contribution in [-0.2, 0) is 11.8 Å². The van der Waals surface area contributed by atoms with Crippen molar-refractivity contribution in [2.45, 2.75) is 50.9 Å². The Morgan fingerprint density at radius 2 is 1.03 bits per heavy atom. The maximum Gasteiger partial charge on any atom is 0.115 e. The van der Waals surface area contributed by atoms with E-state index < -0.39 is 0 Å². The van der Waals surface area contributed by atoms with Gasteiger partial charge >= 0.3 is 0 Å². The molecule has 152 valence electrons. The van der Waals surface area contributed by atoms with E-state index in [0.29, 0.717) is 0 Å². The van der Waals surface area contributed by atoms with Gasteiger partial charge in [0.1, 0.15) is 17.2 Å². The molecule has 0 saturated carbocycles. The molecule has 3 aromatic carbocycles. The third-order valence-corrected chi connectivity index (χ3v) is 5.82. The van der Waals surface area contributed by atoms with Gasteiger partial charge in [0.15, 0.2) is 0 Å². The van der Waals surface area contributed by atoms with Crippen molar-refractivity contribution in [1.82, 2.24) is 0 Å². The molecule has 3 nitrogen and oxygen atoms in total. The zero-order valence-corrected chi connectivity index (χ0v) is 17.0. The van der Waals surface area contributed by atoms with Crippen molar-refractivity contribution in [2.75, 3.05) is 0 Å². The number of phenolic OH excluding ortho intramolecular Hbond substituents is 3. The van der Waals surface area contributed by atoms with E-state index in [1.54, 1.807) is 36.4 Å². The van der Waals surface area contributed by atoms with Gasteiger partial charge in [0, 0.05) is 5.41 Å². The van der Waals surface area contributed by atoms with Crippen LogP contribution < -0.4 is 0 Å². The maximum atomic E-state index is 9.82. The first-order chi connectivity index (χ1) is 14.0. The number of rotatable bonds is 9. The molecule has 0 bridgehead atoms. The highest BCUT2D eigenvalue weighted by molar-refractivity contribution is 5.43. The van der Waals surface area contributed by atoms with Crippen LogP contribution in [0.2, 0.25) is 0 Å². The average molecular weight is 391 g/mol. The van der Waals surface area contributed by atoms with E-state index in [1.807, 2.05) is 36.4 Å². The lowest BCUT2D eigenvalue weighted by Crippen LogP contribution is -2.29. The summed E-state index contributed by atoms with van der Waals surface area (Å²) in [5, 5.41) is 29.2. The Labute approximate surface area is 173 Å². The molecule has 0 amide bonds. The zero-order chi connectivity index (χ0) is 20.7. The maximum absolute atomic E-state index is 9.82. The lowest BCUT2D eigenvalue weighted by atomic mass is 9.67. The number of phenols is 3. The summed E-state index contributed by atoms with van der Waals surface area (Å²) in [7, 11) is 0. The molecule has 0 fully saturated rings. The van der Waals surface area contributed by atoms with Crippen molar-refractivity contribution in [3.05, 3.63) is 89.5 Å². The van der Waals surface area contributed by atoms with Gasteiger partial charge in [-0.1, -0.05) is 62.6 Å². The second-order valence-electron chi connectivity index (χ2n) is 7.80. The summed E-state index contributed by atoms with van der Waals surface area (Å²) in [5.41, 5.74) is 3.32. The van der Waals surface area contributed by atoms with Crippen LogP contribution in [0.15, 0.2) is 72.8 Å². The molecule has 0 aliphatic heterocycles. The third-order valence-electron chi connectivity index (χ3n) is 5.82. The summed E-state index contributed by atoms with van der Waals surface area (Å²) in [6, 6.07) is 22.5. The summed E-state index contributed by atoms with van der Waals surface area (Å²) < 4.78 is 0.